The summed E-state index contributed by atoms with van der Waals surface area (Å²) in [4.78, 5) is 36.9. The quantitative estimate of drug-likeness (QED) is 0.716. The SMILES string of the molecule is C[C@@H]1CCCCN1S(=O)(=O)CCNC(=O)c1ccc(N2C(=O)CCC2=O)cc1. The molecule has 3 amide bonds. The lowest BCUT2D eigenvalue weighted by Gasteiger charge is -2.32. The molecule has 0 aromatic heterocycles. The Kier molecular flexibility index (Phi) is 6.14. The van der Waals surface area contributed by atoms with E-state index in [9.17, 15) is 22.8 Å². The van der Waals surface area contributed by atoms with Gasteiger partial charge in [0.2, 0.25) is 21.8 Å². The molecule has 28 heavy (non-hydrogen) atoms. The van der Waals surface area contributed by atoms with E-state index in [0.717, 1.165) is 24.2 Å². The average Bonchev–Trinajstić information content (AvgIpc) is 3.00. The van der Waals surface area contributed by atoms with Gasteiger partial charge in [-0.2, -0.15) is 4.31 Å². The number of nitrogens with zero attached hydrogens (tertiary/aromatic N) is 2. The fourth-order valence-electron chi connectivity index (χ4n) is 3.62. The summed E-state index contributed by atoms with van der Waals surface area (Å²) < 4.78 is 26.5. The molecule has 2 heterocycles. The van der Waals surface area contributed by atoms with E-state index in [4.69, 9.17) is 0 Å². The van der Waals surface area contributed by atoms with Crippen LogP contribution in [0, 0.1) is 0 Å². The summed E-state index contributed by atoms with van der Waals surface area (Å²) in [6, 6.07) is 6.12. The number of imide groups is 1. The molecular formula is C19H25N3O5S. The lowest BCUT2D eigenvalue weighted by atomic mass is 10.1. The molecule has 2 aliphatic rings. The van der Waals surface area contributed by atoms with Crippen molar-refractivity contribution in [3.05, 3.63) is 29.8 Å². The van der Waals surface area contributed by atoms with Gasteiger partial charge in [0, 0.05) is 37.5 Å². The first kappa shape index (κ1) is 20.5. The van der Waals surface area contributed by atoms with Crippen LogP contribution in [0.2, 0.25) is 0 Å². The van der Waals surface area contributed by atoms with E-state index in [1.807, 2.05) is 6.92 Å². The van der Waals surface area contributed by atoms with Crippen LogP contribution in [0.5, 0.6) is 0 Å². The third-order valence-corrected chi connectivity index (χ3v) is 7.16. The number of carbonyl (C=O) groups is 3. The van der Waals surface area contributed by atoms with Crippen LogP contribution in [-0.4, -0.2) is 55.3 Å². The van der Waals surface area contributed by atoms with E-state index in [0.29, 0.717) is 17.8 Å². The first-order valence-corrected chi connectivity index (χ1v) is 11.1. The van der Waals surface area contributed by atoms with Crippen LogP contribution in [0.25, 0.3) is 0 Å². The molecule has 2 aliphatic heterocycles. The fourth-order valence-corrected chi connectivity index (χ4v) is 5.28. The van der Waals surface area contributed by atoms with E-state index >= 15 is 0 Å². The van der Waals surface area contributed by atoms with Gasteiger partial charge >= 0.3 is 0 Å². The first-order chi connectivity index (χ1) is 13.3. The van der Waals surface area contributed by atoms with E-state index < -0.39 is 15.9 Å². The van der Waals surface area contributed by atoms with Gasteiger partial charge in [-0.3, -0.25) is 19.3 Å². The fraction of sp³-hybridized carbons (Fsp3) is 0.526. The van der Waals surface area contributed by atoms with Crippen molar-refractivity contribution in [2.24, 2.45) is 0 Å². The van der Waals surface area contributed by atoms with Crippen LogP contribution >= 0.6 is 0 Å². The zero-order valence-electron chi connectivity index (χ0n) is 15.9. The third-order valence-electron chi connectivity index (χ3n) is 5.18. The summed E-state index contributed by atoms with van der Waals surface area (Å²) in [6.07, 6.45) is 3.16. The van der Waals surface area contributed by atoms with Crippen LogP contribution in [0.15, 0.2) is 24.3 Å². The lowest BCUT2D eigenvalue weighted by molar-refractivity contribution is -0.121. The van der Waals surface area contributed by atoms with Gasteiger partial charge in [-0.15, -0.1) is 0 Å². The second-order valence-electron chi connectivity index (χ2n) is 7.20. The number of sulfonamides is 1. The molecule has 1 aromatic carbocycles. The number of piperidine rings is 1. The molecule has 2 fully saturated rings. The Labute approximate surface area is 164 Å². The van der Waals surface area contributed by atoms with E-state index in [2.05, 4.69) is 5.32 Å². The van der Waals surface area contributed by atoms with Crippen molar-refractivity contribution in [3.63, 3.8) is 0 Å². The maximum atomic E-state index is 12.5. The summed E-state index contributed by atoms with van der Waals surface area (Å²) in [5.74, 6) is -1.04. The second-order valence-corrected chi connectivity index (χ2v) is 9.24. The van der Waals surface area contributed by atoms with Gasteiger partial charge < -0.3 is 5.32 Å². The van der Waals surface area contributed by atoms with Crippen LogP contribution in [-0.2, 0) is 19.6 Å². The molecular weight excluding hydrogens is 382 g/mol. The molecule has 0 radical (unpaired) electrons. The molecule has 1 N–H and O–H groups in total. The third kappa shape index (κ3) is 4.41. The summed E-state index contributed by atoms with van der Waals surface area (Å²) in [5.41, 5.74) is 0.775. The highest BCUT2D eigenvalue weighted by Gasteiger charge is 2.31. The molecule has 0 spiro atoms. The largest absolute Gasteiger partial charge is 0.351 e. The molecule has 9 heteroatoms. The summed E-state index contributed by atoms with van der Waals surface area (Å²) in [6.45, 7) is 2.47. The Morgan fingerprint density at radius 2 is 1.75 bits per heavy atom. The minimum absolute atomic E-state index is 0.00185. The number of hydrogen-bond acceptors (Lipinski definition) is 5. The maximum Gasteiger partial charge on any atom is 0.251 e. The predicted molar refractivity (Wildman–Crippen MR) is 104 cm³/mol. The molecule has 2 saturated heterocycles. The number of nitrogens with one attached hydrogen (secondary N) is 1. The lowest BCUT2D eigenvalue weighted by Crippen LogP contribution is -2.45. The highest BCUT2D eigenvalue weighted by molar-refractivity contribution is 7.89. The Balaban J connectivity index is 1.55. The van der Waals surface area contributed by atoms with Crippen molar-refractivity contribution >= 4 is 33.4 Å². The summed E-state index contributed by atoms with van der Waals surface area (Å²) in [5, 5.41) is 2.62. The number of carbonyl (C=O) groups excluding carboxylic acids is 3. The van der Waals surface area contributed by atoms with Gasteiger partial charge in [0.1, 0.15) is 0 Å². The summed E-state index contributed by atoms with van der Waals surface area (Å²) >= 11 is 0. The predicted octanol–water partition coefficient (Wildman–Crippen LogP) is 1.27. The first-order valence-electron chi connectivity index (χ1n) is 9.53. The second kappa shape index (κ2) is 8.40. The number of benzene rings is 1. The maximum absolute atomic E-state index is 12.5. The van der Waals surface area contributed by atoms with E-state index in [1.165, 1.54) is 16.4 Å². The minimum Gasteiger partial charge on any atom is -0.351 e. The average molecular weight is 407 g/mol. The Bertz CT molecular complexity index is 850. The highest BCUT2D eigenvalue weighted by Crippen LogP contribution is 2.23. The molecule has 8 nitrogen and oxygen atoms in total. The van der Waals surface area contributed by atoms with Gasteiger partial charge in [0.15, 0.2) is 0 Å². The van der Waals surface area contributed by atoms with Crippen LogP contribution < -0.4 is 10.2 Å². The molecule has 1 aromatic rings. The zero-order valence-corrected chi connectivity index (χ0v) is 16.7. The Hall–Kier alpha value is -2.26. The molecule has 0 bridgehead atoms. The van der Waals surface area contributed by atoms with Crippen molar-refractivity contribution in [1.82, 2.24) is 9.62 Å². The number of amides is 3. The van der Waals surface area contributed by atoms with Crippen LogP contribution in [0.4, 0.5) is 5.69 Å². The topological polar surface area (TPSA) is 104 Å². The molecule has 0 unspecified atom stereocenters. The van der Waals surface area contributed by atoms with Crippen LogP contribution in [0.3, 0.4) is 0 Å². The van der Waals surface area contributed by atoms with Gasteiger partial charge in [0.25, 0.3) is 5.91 Å². The van der Waals surface area contributed by atoms with Gasteiger partial charge in [-0.25, -0.2) is 8.42 Å². The molecule has 152 valence electrons. The molecule has 0 aliphatic carbocycles. The monoisotopic (exact) mass is 407 g/mol. The number of anilines is 1. The highest BCUT2D eigenvalue weighted by atomic mass is 32.2. The summed E-state index contributed by atoms with van der Waals surface area (Å²) in [7, 11) is -3.40. The number of hydrogen-bond donors (Lipinski definition) is 1. The van der Waals surface area contributed by atoms with E-state index in [-0.39, 0.29) is 43.0 Å². The van der Waals surface area contributed by atoms with Crippen LogP contribution in [0.1, 0.15) is 49.4 Å². The van der Waals surface area contributed by atoms with Gasteiger partial charge in [-0.1, -0.05) is 6.42 Å². The molecule has 1 atom stereocenters. The molecule has 3 rings (SSSR count). The molecule has 0 saturated carbocycles. The van der Waals surface area contributed by atoms with Crippen molar-refractivity contribution in [3.8, 4) is 0 Å². The smallest absolute Gasteiger partial charge is 0.251 e. The standard InChI is InChI=1S/C19H25N3O5S/c1-14-4-2-3-12-21(14)28(26,27)13-11-20-19(25)15-5-7-16(8-6-15)22-17(23)9-10-18(22)24/h5-8,14H,2-4,9-13H2,1H3,(H,20,25)/t14-/m1/s1. The van der Waals surface area contributed by atoms with Crippen molar-refractivity contribution in [1.29, 1.82) is 0 Å². The van der Waals surface area contributed by atoms with Crippen molar-refractivity contribution in [2.45, 2.75) is 45.1 Å². The normalized spacial score (nSPS) is 21.2. The van der Waals surface area contributed by atoms with Gasteiger partial charge in [-0.05, 0) is 44.0 Å². The minimum atomic E-state index is -3.40. The zero-order chi connectivity index (χ0) is 20.3. The van der Waals surface area contributed by atoms with Crippen molar-refractivity contribution < 1.29 is 22.8 Å². The Morgan fingerprint density at radius 3 is 2.36 bits per heavy atom. The van der Waals surface area contributed by atoms with Gasteiger partial charge in [0.05, 0.1) is 11.4 Å². The van der Waals surface area contributed by atoms with Crippen molar-refractivity contribution in [2.75, 3.05) is 23.7 Å². The number of rotatable bonds is 6. The van der Waals surface area contributed by atoms with E-state index in [1.54, 1.807) is 12.1 Å². The Morgan fingerprint density at radius 1 is 1.11 bits per heavy atom.